The molecule has 0 unspecified atom stereocenters. The summed E-state index contributed by atoms with van der Waals surface area (Å²) >= 11 is 2.38. The normalized spacial score (nSPS) is 10.8. The molecule has 2 heterocycles. The summed E-state index contributed by atoms with van der Waals surface area (Å²) in [7, 11) is 0. The molecule has 9 nitrogen and oxygen atoms in total. The second-order valence-electron chi connectivity index (χ2n) is 7.25. The molecule has 0 aliphatic heterocycles. The number of hydrogen-bond acceptors (Lipinski definition) is 9. The molecular weight excluding hydrogens is 462 g/mol. The number of anilines is 1. The van der Waals surface area contributed by atoms with Crippen molar-refractivity contribution < 1.29 is 19.1 Å². The van der Waals surface area contributed by atoms with E-state index >= 15 is 0 Å². The minimum absolute atomic E-state index is 0.128. The van der Waals surface area contributed by atoms with Crippen LogP contribution >= 0.6 is 23.1 Å². The predicted octanol–water partition coefficient (Wildman–Crippen LogP) is 4.17. The van der Waals surface area contributed by atoms with Crippen molar-refractivity contribution >= 4 is 40.1 Å². The van der Waals surface area contributed by atoms with Gasteiger partial charge in [-0.1, -0.05) is 29.2 Å². The van der Waals surface area contributed by atoms with Gasteiger partial charge >= 0.3 is 5.97 Å². The number of thioether (sulfide) groups is 1. The summed E-state index contributed by atoms with van der Waals surface area (Å²) < 4.78 is 12.8. The van der Waals surface area contributed by atoms with E-state index in [9.17, 15) is 9.59 Å². The second-order valence-corrected chi connectivity index (χ2v) is 9.19. The van der Waals surface area contributed by atoms with Gasteiger partial charge in [-0.25, -0.2) is 9.78 Å². The third-order valence-electron chi connectivity index (χ3n) is 4.51. The molecule has 3 rings (SSSR count). The van der Waals surface area contributed by atoms with Gasteiger partial charge in [-0.15, -0.1) is 10.2 Å². The van der Waals surface area contributed by atoms with Crippen LogP contribution in [0.5, 0.6) is 5.75 Å². The zero-order valence-corrected chi connectivity index (χ0v) is 20.9. The maximum atomic E-state index is 12.4. The van der Waals surface area contributed by atoms with Crippen molar-refractivity contribution in [2.75, 3.05) is 17.7 Å². The minimum Gasteiger partial charge on any atom is -0.486 e. The topological polar surface area (TPSA) is 108 Å². The Labute approximate surface area is 200 Å². The van der Waals surface area contributed by atoms with E-state index < -0.39 is 5.97 Å². The number of nitrogens with one attached hydrogen (secondary N) is 1. The van der Waals surface area contributed by atoms with E-state index in [4.69, 9.17) is 9.47 Å². The first-order valence-electron chi connectivity index (χ1n) is 10.5. The lowest BCUT2D eigenvalue weighted by Crippen LogP contribution is -2.14. The van der Waals surface area contributed by atoms with Crippen LogP contribution in [0.25, 0.3) is 0 Å². The van der Waals surface area contributed by atoms with E-state index in [0.717, 1.165) is 28.2 Å². The molecular formula is C22H27N5O4S2. The number of hydrogen-bond donors (Lipinski definition) is 1. The highest BCUT2D eigenvalue weighted by Crippen LogP contribution is 2.25. The van der Waals surface area contributed by atoms with Gasteiger partial charge in [0.1, 0.15) is 17.2 Å². The summed E-state index contributed by atoms with van der Waals surface area (Å²) in [6.45, 7) is 10.7. The number of thiazole rings is 1. The van der Waals surface area contributed by atoms with Crippen molar-refractivity contribution in [1.29, 1.82) is 0 Å². The summed E-state index contributed by atoms with van der Waals surface area (Å²) in [6.07, 6.45) is 0. The molecule has 0 aliphatic rings. The van der Waals surface area contributed by atoms with Crippen LogP contribution in [0.4, 0.5) is 5.13 Å². The van der Waals surface area contributed by atoms with Crippen molar-refractivity contribution in [3.8, 4) is 5.75 Å². The van der Waals surface area contributed by atoms with Gasteiger partial charge in [0.05, 0.1) is 18.1 Å². The largest absolute Gasteiger partial charge is 0.486 e. The zero-order chi connectivity index (χ0) is 24.0. The number of carbonyl (C=O) groups excluding carboxylic acids is 2. The van der Waals surface area contributed by atoms with Crippen LogP contribution in [0.3, 0.4) is 0 Å². The molecule has 0 bridgehead atoms. The molecule has 0 saturated carbocycles. The van der Waals surface area contributed by atoms with E-state index in [-0.39, 0.29) is 24.9 Å². The fourth-order valence-electron chi connectivity index (χ4n) is 3.14. The van der Waals surface area contributed by atoms with Gasteiger partial charge in [0, 0.05) is 6.54 Å². The number of nitrogens with zero attached hydrogens (tertiary/aromatic N) is 4. The molecule has 0 spiro atoms. The van der Waals surface area contributed by atoms with Gasteiger partial charge in [-0.3, -0.25) is 4.79 Å². The van der Waals surface area contributed by atoms with Crippen LogP contribution < -0.4 is 10.1 Å². The van der Waals surface area contributed by atoms with Gasteiger partial charge < -0.3 is 19.4 Å². The number of carbonyl (C=O) groups is 2. The van der Waals surface area contributed by atoms with Crippen molar-refractivity contribution in [2.24, 2.45) is 0 Å². The molecule has 2 aromatic heterocycles. The third-order valence-corrected chi connectivity index (χ3v) is 6.53. The smallest absolute Gasteiger partial charge is 0.350 e. The van der Waals surface area contributed by atoms with Crippen molar-refractivity contribution in [3.05, 3.63) is 45.7 Å². The van der Waals surface area contributed by atoms with E-state index in [1.807, 2.05) is 37.5 Å². The molecule has 11 heteroatoms. The molecule has 0 aliphatic carbocycles. The van der Waals surface area contributed by atoms with Crippen LogP contribution in [0, 0.1) is 20.8 Å². The first kappa shape index (κ1) is 24.7. The van der Waals surface area contributed by atoms with E-state index in [1.165, 1.54) is 11.8 Å². The van der Waals surface area contributed by atoms with Gasteiger partial charge in [-0.05, 0) is 57.9 Å². The lowest BCUT2D eigenvalue weighted by atomic mass is 10.1. The summed E-state index contributed by atoms with van der Waals surface area (Å²) in [5.41, 5.74) is 2.80. The maximum absolute atomic E-state index is 12.4. The fourth-order valence-corrected chi connectivity index (χ4v) is 4.83. The second kappa shape index (κ2) is 11.3. The van der Waals surface area contributed by atoms with Crippen LogP contribution in [0.1, 0.15) is 46.2 Å². The Bertz CT molecular complexity index is 1120. The highest BCUT2D eigenvalue weighted by Gasteiger charge is 2.18. The molecule has 0 radical (unpaired) electrons. The first-order valence-corrected chi connectivity index (χ1v) is 12.3. The Morgan fingerprint density at radius 2 is 1.85 bits per heavy atom. The molecule has 0 saturated heterocycles. The Morgan fingerprint density at radius 1 is 1.12 bits per heavy atom. The molecule has 1 aromatic carbocycles. The molecule has 33 heavy (non-hydrogen) atoms. The first-order chi connectivity index (χ1) is 15.8. The Morgan fingerprint density at radius 3 is 2.52 bits per heavy atom. The summed E-state index contributed by atoms with van der Waals surface area (Å²) in [4.78, 5) is 29.0. The number of aromatic nitrogens is 4. The molecule has 1 N–H and O–H groups in total. The summed E-state index contributed by atoms with van der Waals surface area (Å²) in [6, 6.07) is 6.05. The Balaban J connectivity index is 1.58. The average molecular weight is 490 g/mol. The van der Waals surface area contributed by atoms with Gasteiger partial charge in [0.15, 0.2) is 16.1 Å². The van der Waals surface area contributed by atoms with Crippen molar-refractivity contribution in [1.82, 2.24) is 19.7 Å². The van der Waals surface area contributed by atoms with Gasteiger partial charge in [0.2, 0.25) is 5.91 Å². The lowest BCUT2D eigenvalue weighted by Gasteiger charge is -2.10. The number of rotatable bonds is 10. The number of amides is 1. The summed E-state index contributed by atoms with van der Waals surface area (Å²) in [5.74, 6) is 0.919. The van der Waals surface area contributed by atoms with Crippen molar-refractivity contribution in [2.45, 2.75) is 52.9 Å². The SMILES string of the molecule is CCOC(=O)c1sc(NC(=O)CSc2nnc(COc3cc(C)cc(C)c3)n2CC)nc1C. The third kappa shape index (κ3) is 6.55. The minimum atomic E-state index is -0.436. The number of benzene rings is 1. The zero-order valence-electron chi connectivity index (χ0n) is 19.3. The van der Waals surface area contributed by atoms with Crippen LogP contribution in [0.2, 0.25) is 0 Å². The average Bonchev–Trinajstić information content (AvgIpc) is 3.32. The molecule has 176 valence electrons. The molecule has 1 amide bonds. The standard InChI is InChI=1S/C22H27N5O4S2/c1-6-27-17(11-31-16-9-13(3)8-14(4)10-16)25-26-22(27)32-12-18(28)24-21-23-15(5)19(33-21)20(29)30-7-2/h8-10H,6-7,11-12H2,1-5H3,(H,23,24,28). The molecule has 0 fully saturated rings. The Hall–Kier alpha value is -2.92. The fraction of sp³-hybridized carbons (Fsp3) is 0.409. The van der Waals surface area contributed by atoms with Gasteiger partial charge in [-0.2, -0.15) is 0 Å². The van der Waals surface area contributed by atoms with E-state index in [2.05, 4.69) is 26.6 Å². The number of ether oxygens (including phenoxy) is 2. The van der Waals surface area contributed by atoms with Gasteiger partial charge in [0.25, 0.3) is 0 Å². The highest BCUT2D eigenvalue weighted by atomic mass is 32.2. The lowest BCUT2D eigenvalue weighted by molar-refractivity contribution is -0.113. The van der Waals surface area contributed by atoms with Crippen LogP contribution in [0.15, 0.2) is 23.4 Å². The van der Waals surface area contributed by atoms with Crippen molar-refractivity contribution in [3.63, 3.8) is 0 Å². The Kier molecular flexibility index (Phi) is 8.45. The maximum Gasteiger partial charge on any atom is 0.350 e. The number of esters is 1. The van der Waals surface area contributed by atoms with Crippen LogP contribution in [-0.2, 0) is 22.7 Å². The molecule has 3 aromatic rings. The predicted molar refractivity (Wildman–Crippen MR) is 128 cm³/mol. The monoisotopic (exact) mass is 489 g/mol. The quantitative estimate of drug-likeness (QED) is 0.334. The van der Waals surface area contributed by atoms with Crippen LogP contribution in [-0.4, -0.2) is 44.0 Å². The molecule has 0 atom stereocenters. The highest BCUT2D eigenvalue weighted by molar-refractivity contribution is 7.99. The van der Waals surface area contributed by atoms with E-state index in [1.54, 1.807) is 13.8 Å². The van der Waals surface area contributed by atoms with E-state index in [0.29, 0.717) is 33.2 Å². The summed E-state index contributed by atoms with van der Waals surface area (Å²) in [5, 5.41) is 12.2. The number of aryl methyl sites for hydroxylation is 3.